The average molecular weight is 337 g/mol. The van der Waals surface area contributed by atoms with Crippen LogP contribution in [0.4, 0.5) is 5.69 Å². The number of hydrogen-bond acceptors (Lipinski definition) is 4. The largest absolute Gasteiger partial charge is 0.489 e. The number of ether oxygens (including phenoxy) is 1. The maximum Gasteiger partial charge on any atom is 0.239 e. The molecule has 23 heavy (non-hydrogen) atoms. The highest BCUT2D eigenvalue weighted by Gasteiger charge is 2.30. The van der Waals surface area contributed by atoms with Gasteiger partial charge in [0.15, 0.2) is 9.84 Å². The Balaban J connectivity index is 1.94. The fourth-order valence-electron chi connectivity index (χ4n) is 2.62. The van der Waals surface area contributed by atoms with Crippen molar-refractivity contribution in [3.63, 3.8) is 0 Å². The molecule has 1 amide bonds. The molecule has 1 N–H and O–H groups in total. The zero-order valence-corrected chi connectivity index (χ0v) is 14.2. The van der Waals surface area contributed by atoms with E-state index in [4.69, 9.17) is 4.74 Å². The number of amides is 1. The lowest BCUT2D eigenvalue weighted by molar-refractivity contribution is -0.113. The van der Waals surface area contributed by atoms with E-state index in [9.17, 15) is 13.2 Å². The molecule has 1 saturated carbocycles. The van der Waals surface area contributed by atoms with Gasteiger partial charge in [-0.2, -0.15) is 0 Å². The van der Waals surface area contributed by atoms with Crippen LogP contribution in [-0.2, 0) is 14.6 Å². The molecule has 1 aliphatic carbocycles. The van der Waals surface area contributed by atoms with Gasteiger partial charge in [0.1, 0.15) is 18.1 Å². The maximum absolute atomic E-state index is 12.2. The van der Waals surface area contributed by atoms with E-state index < -0.39 is 21.5 Å². The Morgan fingerprint density at radius 2 is 2.04 bits per heavy atom. The zero-order chi connectivity index (χ0) is 16.9. The zero-order valence-electron chi connectivity index (χ0n) is 13.4. The van der Waals surface area contributed by atoms with Gasteiger partial charge >= 0.3 is 0 Å². The first-order chi connectivity index (χ1) is 10.9. The van der Waals surface area contributed by atoms with Crippen molar-refractivity contribution in [2.75, 3.05) is 17.7 Å². The molecule has 5 nitrogen and oxygen atoms in total. The molecular weight excluding hydrogens is 314 g/mol. The predicted octanol–water partition coefficient (Wildman–Crippen LogP) is 2.94. The molecule has 0 unspecified atom stereocenters. The summed E-state index contributed by atoms with van der Waals surface area (Å²) in [5, 5.41) is 2.27. The van der Waals surface area contributed by atoms with Crippen LogP contribution in [0.25, 0.3) is 0 Å². The molecule has 126 valence electrons. The third-order valence-corrected chi connectivity index (χ3v) is 5.90. The maximum atomic E-state index is 12.2. The van der Waals surface area contributed by atoms with Crippen LogP contribution in [0.1, 0.15) is 32.6 Å². The summed E-state index contributed by atoms with van der Waals surface area (Å²) < 4.78 is 29.9. The quantitative estimate of drug-likeness (QED) is 0.777. The summed E-state index contributed by atoms with van der Waals surface area (Å²) in [4.78, 5) is 12.0. The van der Waals surface area contributed by atoms with E-state index in [-0.39, 0.29) is 5.25 Å². The summed E-state index contributed by atoms with van der Waals surface area (Å²) in [5.74, 6) is -0.368. The van der Waals surface area contributed by atoms with Crippen LogP contribution in [0.5, 0.6) is 5.75 Å². The van der Waals surface area contributed by atoms with Crippen LogP contribution < -0.4 is 10.1 Å². The number of carbonyl (C=O) groups is 1. The third-order valence-electron chi connectivity index (χ3n) is 3.75. The van der Waals surface area contributed by atoms with E-state index in [1.165, 1.54) is 0 Å². The highest BCUT2D eigenvalue weighted by molar-refractivity contribution is 7.92. The number of rotatable bonds is 7. The minimum atomic E-state index is -3.37. The monoisotopic (exact) mass is 337 g/mol. The lowest BCUT2D eigenvalue weighted by Gasteiger charge is -2.12. The van der Waals surface area contributed by atoms with E-state index in [1.54, 1.807) is 24.3 Å². The molecule has 6 heteroatoms. The summed E-state index contributed by atoms with van der Waals surface area (Å²) in [6.45, 7) is 6.01. The number of hydrogen-bond donors (Lipinski definition) is 1. The summed E-state index contributed by atoms with van der Waals surface area (Å²) >= 11 is 0. The van der Waals surface area contributed by atoms with Gasteiger partial charge in [-0.05, 0) is 37.5 Å². The van der Waals surface area contributed by atoms with E-state index >= 15 is 0 Å². The first kappa shape index (κ1) is 17.5. The fraction of sp³-hybridized carbons (Fsp3) is 0.471. The normalized spacial score (nSPS) is 15.3. The molecule has 1 fully saturated rings. The molecule has 1 aromatic rings. The third kappa shape index (κ3) is 5.39. The highest BCUT2D eigenvalue weighted by atomic mass is 32.2. The minimum absolute atomic E-state index is 0.363. The van der Waals surface area contributed by atoms with Crippen LogP contribution in [0.3, 0.4) is 0 Å². The molecular formula is C17H23NO4S. The molecule has 2 rings (SSSR count). The number of sulfone groups is 1. The van der Waals surface area contributed by atoms with Crippen LogP contribution in [0.2, 0.25) is 0 Å². The smallest absolute Gasteiger partial charge is 0.239 e. The second-order valence-corrected chi connectivity index (χ2v) is 8.32. The average Bonchev–Trinajstić information content (AvgIpc) is 3.00. The molecule has 0 aliphatic heterocycles. The molecule has 0 atom stereocenters. The van der Waals surface area contributed by atoms with Crippen LogP contribution in [-0.4, -0.2) is 31.9 Å². The number of carbonyl (C=O) groups excluding carboxylic acids is 1. The van der Waals surface area contributed by atoms with Crippen molar-refractivity contribution < 1.29 is 17.9 Å². The lowest BCUT2D eigenvalue weighted by atomic mass is 10.3. The Bertz CT molecular complexity index is 676. The van der Waals surface area contributed by atoms with Gasteiger partial charge in [0.05, 0.1) is 5.25 Å². The molecule has 0 aromatic heterocycles. The molecule has 1 aliphatic rings. The Labute approximate surface area is 137 Å². The van der Waals surface area contributed by atoms with Gasteiger partial charge in [0.2, 0.25) is 5.91 Å². The van der Waals surface area contributed by atoms with Crippen LogP contribution in [0.15, 0.2) is 36.4 Å². The molecule has 0 saturated heterocycles. The van der Waals surface area contributed by atoms with Gasteiger partial charge in [-0.25, -0.2) is 8.42 Å². The predicted molar refractivity (Wildman–Crippen MR) is 91.4 cm³/mol. The fourth-order valence-corrected chi connectivity index (χ4v) is 4.34. The second kappa shape index (κ2) is 7.64. The van der Waals surface area contributed by atoms with E-state index in [1.807, 2.05) is 6.92 Å². The topological polar surface area (TPSA) is 72.5 Å². The minimum Gasteiger partial charge on any atom is -0.489 e. The Kier molecular flexibility index (Phi) is 5.82. The SMILES string of the molecule is C=C(C)COc1cccc(NC(=O)CS(=O)(=O)C2CCCC2)c1. The van der Waals surface area contributed by atoms with Gasteiger partial charge in [-0.3, -0.25) is 4.79 Å². The Morgan fingerprint density at radius 3 is 2.70 bits per heavy atom. The van der Waals surface area contributed by atoms with Gasteiger partial charge < -0.3 is 10.1 Å². The van der Waals surface area contributed by atoms with Gasteiger partial charge in [-0.1, -0.05) is 25.5 Å². The summed E-state index contributed by atoms with van der Waals surface area (Å²) in [6.07, 6.45) is 3.18. The molecule has 0 bridgehead atoms. The number of nitrogens with one attached hydrogen (secondary N) is 1. The summed E-state index contributed by atoms with van der Waals surface area (Å²) in [5.41, 5.74) is 1.41. The van der Waals surface area contributed by atoms with Crippen molar-refractivity contribution in [3.8, 4) is 5.75 Å². The van der Waals surface area contributed by atoms with Crippen molar-refractivity contribution >= 4 is 21.4 Å². The lowest BCUT2D eigenvalue weighted by Crippen LogP contribution is -2.29. The molecule has 0 heterocycles. The van der Waals surface area contributed by atoms with E-state index in [0.29, 0.717) is 30.9 Å². The van der Waals surface area contributed by atoms with Crippen molar-refractivity contribution in [2.24, 2.45) is 0 Å². The Hall–Kier alpha value is -1.82. The van der Waals surface area contributed by atoms with E-state index in [0.717, 1.165) is 18.4 Å². The van der Waals surface area contributed by atoms with Crippen molar-refractivity contribution in [3.05, 3.63) is 36.4 Å². The van der Waals surface area contributed by atoms with Crippen LogP contribution >= 0.6 is 0 Å². The van der Waals surface area contributed by atoms with Crippen molar-refractivity contribution in [1.82, 2.24) is 0 Å². The summed E-state index contributed by atoms with van der Waals surface area (Å²) in [6, 6.07) is 6.89. The first-order valence-corrected chi connectivity index (χ1v) is 9.47. The van der Waals surface area contributed by atoms with E-state index in [2.05, 4.69) is 11.9 Å². The van der Waals surface area contributed by atoms with Gasteiger partial charge in [-0.15, -0.1) is 0 Å². The second-order valence-electron chi connectivity index (χ2n) is 6.04. The molecule has 1 aromatic carbocycles. The van der Waals surface area contributed by atoms with Crippen LogP contribution in [0, 0.1) is 0 Å². The van der Waals surface area contributed by atoms with Crippen molar-refractivity contribution in [1.29, 1.82) is 0 Å². The summed E-state index contributed by atoms with van der Waals surface area (Å²) in [7, 11) is -3.37. The number of anilines is 1. The van der Waals surface area contributed by atoms with Gasteiger partial charge in [0.25, 0.3) is 0 Å². The highest BCUT2D eigenvalue weighted by Crippen LogP contribution is 2.25. The van der Waals surface area contributed by atoms with Crippen molar-refractivity contribution in [2.45, 2.75) is 37.9 Å². The Morgan fingerprint density at radius 1 is 1.35 bits per heavy atom. The molecule has 0 spiro atoms. The standard InChI is InChI=1S/C17H23NO4S/c1-13(2)11-22-15-7-5-6-14(10-15)18-17(19)12-23(20,21)16-8-3-4-9-16/h5-7,10,16H,1,3-4,8-9,11-12H2,2H3,(H,18,19). The number of benzene rings is 1. The van der Waals surface area contributed by atoms with Gasteiger partial charge in [0, 0.05) is 11.8 Å². The first-order valence-electron chi connectivity index (χ1n) is 7.75. The molecule has 0 radical (unpaired) electrons.